The van der Waals surface area contributed by atoms with E-state index < -0.39 is 0 Å². The molecule has 0 amide bonds. The summed E-state index contributed by atoms with van der Waals surface area (Å²) in [7, 11) is 2.10. The molecule has 0 spiro atoms. The highest BCUT2D eigenvalue weighted by Gasteiger charge is 1.99. The van der Waals surface area contributed by atoms with Crippen molar-refractivity contribution >= 4 is 34.9 Å². The lowest BCUT2D eigenvalue weighted by Crippen LogP contribution is -2.23. The topological polar surface area (TPSA) is 48.9 Å². The van der Waals surface area contributed by atoms with Gasteiger partial charge in [0.1, 0.15) is 5.75 Å². The smallest absolute Gasteiger partial charge is 0.191 e. The predicted molar refractivity (Wildman–Crippen MR) is 115 cm³/mol. The Balaban J connectivity index is 1.82. The lowest BCUT2D eigenvalue weighted by Gasteiger charge is -2.18. The summed E-state index contributed by atoms with van der Waals surface area (Å²) in [5.74, 6) is 0.836. The molecule has 0 aliphatic heterocycles. The van der Waals surface area contributed by atoms with Crippen LogP contribution in [0.15, 0.2) is 53.6 Å². The highest BCUT2D eigenvalue weighted by molar-refractivity contribution is 7.80. The van der Waals surface area contributed by atoms with Crippen LogP contribution >= 0.6 is 12.2 Å². The summed E-state index contributed by atoms with van der Waals surface area (Å²) < 4.78 is 5.41. The summed E-state index contributed by atoms with van der Waals surface area (Å²) in [4.78, 5) is 2.23. The Morgan fingerprint density at radius 2 is 1.81 bits per heavy atom. The number of hydrogen-bond donors (Lipinski definition) is 2. The Kier molecular flexibility index (Phi) is 7.89. The molecule has 2 N–H and O–H groups in total. The Morgan fingerprint density at radius 3 is 2.42 bits per heavy atom. The van der Waals surface area contributed by atoms with Crippen LogP contribution in [0.2, 0.25) is 0 Å². The number of anilines is 2. The number of ether oxygens (including phenoxy) is 1. The van der Waals surface area contributed by atoms with Gasteiger partial charge in [0.25, 0.3) is 0 Å². The van der Waals surface area contributed by atoms with Crippen molar-refractivity contribution in [2.45, 2.75) is 20.3 Å². The van der Waals surface area contributed by atoms with Gasteiger partial charge in [-0.15, -0.1) is 0 Å². The van der Waals surface area contributed by atoms with Crippen molar-refractivity contribution in [3.8, 4) is 5.75 Å². The van der Waals surface area contributed by atoms with Crippen molar-refractivity contribution in [2.24, 2.45) is 5.10 Å². The standard InChI is InChI=1S/C20H26N4OS/c1-4-14-24(3)18-10-6-16(7-11-18)15-21-23-20(26)22-17-8-12-19(13-9-17)25-5-2/h6-13,15H,4-5,14H2,1-3H3,(H2,22,23,26). The minimum absolute atomic E-state index is 0.435. The molecule has 2 aromatic carbocycles. The highest BCUT2D eigenvalue weighted by Crippen LogP contribution is 2.15. The van der Waals surface area contributed by atoms with E-state index in [4.69, 9.17) is 17.0 Å². The van der Waals surface area contributed by atoms with Crippen molar-refractivity contribution < 1.29 is 4.74 Å². The fourth-order valence-corrected chi connectivity index (χ4v) is 2.58. The van der Waals surface area contributed by atoms with Crippen LogP contribution in [0.5, 0.6) is 5.75 Å². The number of benzene rings is 2. The third-order valence-electron chi connectivity index (χ3n) is 3.70. The number of nitrogens with one attached hydrogen (secondary N) is 2. The first-order valence-electron chi connectivity index (χ1n) is 8.76. The minimum atomic E-state index is 0.435. The molecule has 26 heavy (non-hydrogen) atoms. The number of rotatable bonds is 8. The van der Waals surface area contributed by atoms with Gasteiger partial charge in [0.05, 0.1) is 12.8 Å². The van der Waals surface area contributed by atoms with Gasteiger partial charge in [-0.05, 0) is 67.5 Å². The van der Waals surface area contributed by atoms with E-state index in [-0.39, 0.29) is 0 Å². The Hall–Kier alpha value is -2.60. The van der Waals surface area contributed by atoms with Crippen LogP contribution in [-0.4, -0.2) is 31.5 Å². The van der Waals surface area contributed by atoms with Gasteiger partial charge in [0.15, 0.2) is 5.11 Å². The first kappa shape index (κ1) is 19.7. The molecule has 0 aromatic heterocycles. The highest BCUT2D eigenvalue weighted by atomic mass is 32.1. The zero-order valence-electron chi connectivity index (χ0n) is 15.5. The SMILES string of the molecule is CCCN(C)c1ccc(C=NNC(=S)Nc2ccc(OCC)cc2)cc1. The second kappa shape index (κ2) is 10.4. The fraction of sp³-hybridized carbons (Fsp3) is 0.300. The molecule has 138 valence electrons. The van der Waals surface area contributed by atoms with Gasteiger partial charge >= 0.3 is 0 Å². The molecule has 6 heteroatoms. The fourth-order valence-electron chi connectivity index (χ4n) is 2.41. The first-order chi connectivity index (χ1) is 12.6. The molecule has 0 unspecified atom stereocenters. The van der Waals surface area contributed by atoms with Gasteiger partial charge in [-0.3, -0.25) is 5.43 Å². The van der Waals surface area contributed by atoms with E-state index >= 15 is 0 Å². The van der Waals surface area contributed by atoms with Gasteiger partial charge in [-0.1, -0.05) is 19.1 Å². The molecular formula is C20H26N4OS. The average molecular weight is 371 g/mol. The maximum Gasteiger partial charge on any atom is 0.191 e. The van der Waals surface area contributed by atoms with E-state index in [9.17, 15) is 0 Å². The summed E-state index contributed by atoms with van der Waals surface area (Å²) in [6, 6.07) is 15.9. The lowest BCUT2D eigenvalue weighted by atomic mass is 10.2. The number of hydrazone groups is 1. The van der Waals surface area contributed by atoms with Gasteiger partial charge in [0.2, 0.25) is 0 Å². The van der Waals surface area contributed by atoms with Gasteiger partial charge < -0.3 is 15.0 Å². The van der Waals surface area contributed by atoms with Crippen LogP contribution in [0.3, 0.4) is 0 Å². The van der Waals surface area contributed by atoms with Crippen LogP contribution in [-0.2, 0) is 0 Å². The minimum Gasteiger partial charge on any atom is -0.494 e. The third-order valence-corrected chi connectivity index (χ3v) is 3.89. The van der Waals surface area contributed by atoms with Crippen LogP contribution in [0.1, 0.15) is 25.8 Å². The van der Waals surface area contributed by atoms with Crippen molar-refractivity contribution in [3.63, 3.8) is 0 Å². The number of nitrogens with zero attached hydrogens (tertiary/aromatic N) is 2. The quantitative estimate of drug-likeness (QED) is 0.413. The monoisotopic (exact) mass is 370 g/mol. The Labute approximate surface area is 161 Å². The van der Waals surface area contributed by atoms with Gasteiger partial charge in [-0.25, -0.2) is 0 Å². The van der Waals surface area contributed by atoms with E-state index in [0.29, 0.717) is 11.7 Å². The predicted octanol–water partition coefficient (Wildman–Crippen LogP) is 4.25. The molecule has 5 nitrogen and oxygen atoms in total. The van der Waals surface area contributed by atoms with E-state index in [1.807, 2.05) is 43.3 Å². The normalized spacial score (nSPS) is 10.6. The molecule has 0 aliphatic carbocycles. The number of thiocarbonyl (C=S) groups is 1. The maximum absolute atomic E-state index is 5.41. The molecule has 0 radical (unpaired) electrons. The molecule has 0 fully saturated rings. The van der Waals surface area contributed by atoms with Gasteiger partial charge in [0, 0.05) is 25.0 Å². The number of hydrogen-bond acceptors (Lipinski definition) is 4. The summed E-state index contributed by atoms with van der Waals surface area (Å²) in [6.07, 6.45) is 2.87. The van der Waals surface area contributed by atoms with Crippen LogP contribution in [0, 0.1) is 0 Å². The summed E-state index contributed by atoms with van der Waals surface area (Å²) >= 11 is 5.25. The van der Waals surface area contributed by atoms with Crippen molar-refractivity contribution in [2.75, 3.05) is 30.4 Å². The molecule has 0 bridgehead atoms. The van der Waals surface area contributed by atoms with Crippen LogP contribution < -0.4 is 20.4 Å². The van der Waals surface area contributed by atoms with Crippen molar-refractivity contribution in [3.05, 3.63) is 54.1 Å². The Morgan fingerprint density at radius 1 is 1.12 bits per heavy atom. The third kappa shape index (κ3) is 6.37. The Bertz CT molecular complexity index is 714. The summed E-state index contributed by atoms with van der Waals surface area (Å²) in [5.41, 5.74) is 5.91. The molecule has 0 saturated carbocycles. The van der Waals surface area contributed by atoms with Crippen LogP contribution in [0.25, 0.3) is 0 Å². The zero-order valence-corrected chi connectivity index (χ0v) is 16.3. The van der Waals surface area contributed by atoms with E-state index in [1.54, 1.807) is 6.21 Å². The zero-order chi connectivity index (χ0) is 18.8. The molecule has 0 saturated heterocycles. The van der Waals surface area contributed by atoms with Crippen LogP contribution in [0.4, 0.5) is 11.4 Å². The molecule has 0 heterocycles. The second-order valence-corrected chi connectivity index (χ2v) is 6.20. The first-order valence-corrected chi connectivity index (χ1v) is 9.17. The molecule has 0 aliphatic rings. The second-order valence-electron chi connectivity index (χ2n) is 5.79. The van der Waals surface area contributed by atoms with Crippen molar-refractivity contribution in [1.29, 1.82) is 0 Å². The molecular weight excluding hydrogens is 344 g/mol. The van der Waals surface area contributed by atoms with Gasteiger partial charge in [-0.2, -0.15) is 5.10 Å². The summed E-state index contributed by atoms with van der Waals surface area (Å²) in [5, 5.41) is 7.69. The van der Waals surface area contributed by atoms with E-state index in [0.717, 1.165) is 30.0 Å². The lowest BCUT2D eigenvalue weighted by molar-refractivity contribution is 0.340. The van der Waals surface area contributed by atoms with Crippen molar-refractivity contribution in [1.82, 2.24) is 5.43 Å². The molecule has 0 atom stereocenters. The largest absolute Gasteiger partial charge is 0.494 e. The summed E-state index contributed by atoms with van der Waals surface area (Å²) in [6.45, 7) is 5.82. The molecule has 2 rings (SSSR count). The van der Waals surface area contributed by atoms with E-state index in [2.05, 4.69) is 46.8 Å². The molecule has 2 aromatic rings. The maximum atomic E-state index is 5.41. The average Bonchev–Trinajstić information content (AvgIpc) is 2.64. The van der Waals surface area contributed by atoms with E-state index in [1.165, 1.54) is 5.69 Å².